The number of rotatable bonds is 6. The van der Waals surface area contributed by atoms with Crippen LogP contribution in [0.3, 0.4) is 0 Å². The van der Waals surface area contributed by atoms with E-state index in [1.165, 1.54) is 17.3 Å². The Labute approximate surface area is 167 Å². The minimum absolute atomic E-state index is 0.107. The number of hydrogen-bond donors (Lipinski definition) is 0. The number of benzene rings is 2. The number of ether oxygens (including phenoxy) is 2. The van der Waals surface area contributed by atoms with Crippen LogP contribution in [-0.4, -0.2) is 31.6 Å². The molecule has 0 bridgehead atoms. The van der Waals surface area contributed by atoms with E-state index in [2.05, 4.69) is 5.10 Å². The monoisotopic (exact) mass is 390 g/mol. The van der Waals surface area contributed by atoms with Gasteiger partial charge in [-0.3, -0.25) is 9.59 Å². The van der Waals surface area contributed by atoms with E-state index in [1.807, 2.05) is 0 Å². The first-order valence-electron chi connectivity index (χ1n) is 8.91. The number of amides is 1. The van der Waals surface area contributed by atoms with Crippen LogP contribution in [0.15, 0.2) is 76.4 Å². The smallest absolute Gasteiger partial charge is 0.264 e. The van der Waals surface area contributed by atoms with Gasteiger partial charge in [0.1, 0.15) is 11.5 Å². The zero-order valence-corrected chi connectivity index (χ0v) is 15.9. The number of hydrazone groups is 1. The summed E-state index contributed by atoms with van der Waals surface area (Å²) in [5, 5.41) is 5.73. The number of anilines is 1. The fourth-order valence-corrected chi connectivity index (χ4v) is 3.17. The standard InChI is InChI=1S/C22H18N2O5/c1-27-16-10-8-15(9-11-16)24-22(26)19(21(25)18-7-4-12-29-18)20(23-24)14-5-3-6-17(13-14)28-2/h3-13,19H,1-2H3/t19-/m0/s1. The SMILES string of the molecule is COc1ccc(N2N=C(c3cccc(OC)c3)[C@@H](C(=O)c3ccco3)C2=O)cc1. The molecule has 4 rings (SSSR count). The van der Waals surface area contributed by atoms with E-state index in [4.69, 9.17) is 13.9 Å². The van der Waals surface area contributed by atoms with Crippen molar-refractivity contribution < 1.29 is 23.5 Å². The van der Waals surface area contributed by atoms with Gasteiger partial charge in [0.15, 0.2) is 11.7 Å². The molecular formula is C22H18N2O5. The maximum absolute atomic E-state index is 13.2. The highest BCUT2D eigenvalue weighted by atomic mass is 16.5. The highest BCUT2D eigenvalue weighted by molar-refractivity contribution is 6.34. The highest BCUT2D eigenvalue weighted by Crippen LogP contribution is 2.31. The van der Waals surface area contributed by atoms with E-state index in [9.17, 15) is 9.59 Å². The van der Waals surface area contributed by atoms with Gasteiger partial charge in [0.2, 0.25) is 5.78 Å². The molecule has 1 atom stereocenters. The van der Waals surface area contributed by atoms with Gasteiger partial charge in [-0.15, -0.1) is 0 Å². The molecule has 29 heavy (non-hydrogen) atoms. The van der Waals surface area contributed by atoms with Gasteiger partial charge < -0.3 is 13.9 Å². The van der Waals surface area contributed by atoms with Crippen molar-refractivity contribution in [1.82, 2.24) is 0 Å². The van der Waals surface area contributed by atoms with Crippen LogP contribution < -0.4 is 14.5 Å². The zero-order valence-electron chi connectivity index (χ0n) is 15.9. The van der Waals surface area contributed by atoms with Crippen molar-refractivity contribution >= 4 is 23.1 Å². The summed E-state index contributed by atoms with van der Waals surface area (Å²) < 4.78 is 15.7. The van der Waals surface area contributed by atoms with Gasteiger partial charge in [0, 0.05) is 5.56 Å². The van der Waals surface area contributed by atoms with Crippen molar-refractivity contribution in [1.29, 1.82) is 0 Å². The molecule has 0 unspecified atom stereocenters. The maximum atomic E-state index is 13.2. The number of hydrogen-bond acceptors (Lipinski definition) is 6. The second kappa shape index (κ2) is 7.63. The van der Waals surface area contributed by atoms with E-state index >= 15 is 0 Å². The number of nitrogens with zero attached hydrogens (tertiary/aromatic N) is 2. The molecule has 0 N–H and O–H groups in total. The maximum Gasteiger partial charge on any atom is 0.264 e. The van der Waals surface area contributed by atoms with E-state index in [0.717, 1.165) is 0 Å². The minimum Gasteiger partial charge on any atom is -0.497 e. The topological polar surface area (TPSA) is 81.3 Å². The van der Waals surface area contributed by atoms with Gasteiger partial charge in [-0.2, -0.15) is 10.1 Å². The molecule has 7 nitrogen and oxygen atoms in total. The molecule has 7 heteroatoms. The van der Waals surface area contributed by atoms with Crippen LogP contribution in [-0.2, 0) is 4.79 Å². The Kier molecular flexibility index (Phi) is 4.87. The number of carbonyl (C=O) groups is 2. The average molecular weight is 390 g/mol. The normalized spacial score (nSPS) is 15.9. The quantitative estimate of drug-likeness (QED) is 0.475. The first-order chi connectivity index (χ1) is 14.1. The van der Waals surface area contributed by atoms with Crippen molar-refractivity contribution in [2.45, 2.75) is 0 Å². The molecule has 146 valence electrons. The molecule has 0 saturated carbocycles. The van der Waals surface area contributed by atoms with Crippen LogP contribution in [0.1, 0.15) is 16.1 Å². The third-order valence-corrected chi connectivity index (χ3v) is 4.65. The highest BCUT2D eigenvalue weighted by Gasteiger charge is 2.43. The lowest BCUT2D eigenvalue weighted by atomic mass is 9.91. The molecule has 1 aromatic heterocycles. The summed E-state index contributed by atoms with van der Waals surface area (Å²) in [5.41, 5.74) is 1.50. The molecule has 2 aromatic carbocycles. The summed E-state index contributed by atoms with van der Waals surface area (Å²) in [6.07, 6.45) is 1.40. The molecule has 2 heterocycles. The Morgan fingerprint density at radius 3 is 2.41 bits per heavy atom. The van der Waals surface area contributed by atoms with Gasteiger partial charge in [0.25, 0.3) is 5.91 Å². The van der Waals surface area contributed by atoms with Crippen LogP contribution in [0.2, 0.25) is 0 Å². The predicted molar refractivity (Wildman–Crippen MR) is 107 cm³/mol. The molecule has 0 radical (unpaired) electrons. The molecule has 0 aliphatic carbocycles. The summed E-state index contributed by atoms with van der Waals surface area (Å²) >= 11 is 0. The van der Waals surface area contributed by atoms with Crippen LogP contribution in [0.5, 0.6) is 11.5 Å². The van der Waals surface area contributed by atoms with Gasteiger partial charge >= 0.3 is 0 Å². The fraction of sp³-hybridized carbons (Fsp3) is 0.136. The Hall–Kier alpha value is -3.87. The van der Waals surface area contributed by atoms with Crippen molar-refractivity contribution in [3.05, 3.63) is 78.3 Å². The summed E-state index contributed by atoms with van der Waals surface area (Å²) in [6.45, 7) is 0. The molecule has 1 aliphatic rings. The first kappa shape index (κ1) is 18.5. The minimum atomic E-state index is -1.12. The summed E-state index contributed by atoms with van der Waals surface area (Å²) in [4.78, 5) is 26.3. The van der Waals surface area contributed by atoms with Crippen LogP contribution >= 0.6 is 0 Å². The average Bonchev–Trinajstić information content (AvgIpc) is 3.42. The number of furan rings is 1. The van der Waals surface area contributed by atoms with Crippen molar-refractivity contribution in [2.24, 2.45) is 11.0 Å². The molecule has 0 saturated heterocycles. The largest absolute Gasteiger partial charge is 0.497 e. The van der Waals surface area contributed by atoms with Crippen molar-refractivity contribution in [3.63, 3.8) is 0 Å². The first-order valence-corrected chi connectivity index (χ1v) is 8.91. The number of ketones is 1. The Morgan fingerprint density at radius 2 is 1.76 bits per heavy atom. The second-order valence-electron chi connectivity index (χ2n) is 6.34. The van der Waals surface area contributed by atoms with Gasteiger partial charge in [-0.05, 0) is 48.5 Å². The lowest BCUT2D eigenvalue weighted by molar-refractivity contribution is -0.118. The second-order valence-corrected chi connectivity index (χ2v) is 6.34. The third-order valence-electron chi connectivity index (χ3n) is 4.65. The van der Waals surface area contributed by atoms with Crippen LogP contribution in [0.4, 0.5) is 5.69 Å². The third kappa shape index (κ3) is 3.38. The Balaban J connectivity index is 1.79. The van der Waals surface area contributed by atoms with E-state index in [-0.39, 0.29) is 5.76 Å². The summed E-state index contributed by atoms with van der Waals surface area (Å²) in [6, 6.07) is 17.1. The van der Waals surface area contributed by atoms with E-state index < -0.39 is 17.6 Å². The molecule has 0 fully saturated rings. The predicted octanol–water partition coefficient (Wildman–Crippen LogP) is 3.55. The molecule has 3 aromatic rings. The number of Topliss-reactive ketones (excluding diaryl/α,β-unsaturated/α-hetero) is 1. The lowest BCUT2D eigenvalue weighted by Gasteiger charge is -2.14. The van der Waals surface area contributed by atoms with Gasteiger partial charge in [-0.25, -0.2) is 0 Å². The van der Waals surface area contributed by atoms with Crippen molar-refractivity contribution in [2.75, 3.05) is 19.2 Å². The lowest BCUT2D eigenvalue weighted by Crippen LogP contribution is -2.33. The van der Waals surface area contributed by atoms with Crippen LogP contribution in [0, 0.1) is 5.92 Å². The Bertz CT molecular complexity index is 1070. The Morgan fingerprint density at radius 1 is 1.00 bits per heavy atom. The van der Waals surface area contributed by atoms with E-state index in [0.29, 0.717) is 28.5 Å². The number of methoxy groups -OCH3 is 2. The summed E-state index contributed by atoms with van der Waals surface area (Å²) in [7, 11) is 3.11. The zero-order chi connectivity index (χ0) is 20.4. The van der Waals surface area contributed by atoms with Gasteiger partial charge in [-0.1, -0.05) is 12.1 Å². The van der Waals surface area contributed by atoms with Crippen molar-refractivity contribution in [3.8, 4) is 11.5 Å². The molecule has 1 amide bonds. The molecule has 1 aliphatic heterocycles. The van der Waals surface area contributed by atoms with Gasteiger partial charge in [0.05, 0.1) is 31.9 Å². The molecular weight excluding hydrogens is 372 g/mol. The fourth-order valence-electron chi connectivity index (χ4n) is 3.17. The number of carbonyl (C=O) groups excluding carboxylic acids is 2. The van der Waals surface area contributed by atoms with E-state index in [1.54, 1.807) is 68.8 Å². The molecule has 0 spiro atoms. The summed E-state index contributed by atoms with van der Waals surface area (Å²) in [5.74, 6) is -0.650. The van der Waals surface area contributed by atoms with Crippen LogP contribution in [0.25, 0.3) is 0 Å².